The fourth-order valence-electron chi connectivity index (χ4n) is 3.70. The molecule has 128 valence electrons. The van der Waals surface area contributed by atoms with Gasteiger partial charge in [0.1, 0.15) is 0 Å². The summed E-state index contributed by atoms with van der Waals surface area (Å²) in [6.07, 6.45) is 0.933. The first-order valence-corrected chi connectivity index (χ1v) is 8.18. The van der Waals surface area contributed by atoms with E-state index in [1.165, 1.54) is 11.9 Å². The molecule has 5 heteroatoms. The first kappa shape index (κ1) is 16.9. The van der Waals surface area contributed by atoms with Gasteiger partial charge in [0.2, 0.25) is 11.8 Å². The lowest BCUT2D eigenvalue weighted by molar-refractivity contribution is -0.139. The van der Waals surface area contributed by atoms with Gasteiger partial charge in [-0.25, -0.2) is 0 Å². The molecule has 5 nitrogen and oxygen atoms in total. The molecule has 1 aliphatic heterocycles. The zero-order valence-corrected chi connectivity index (χ0v) is 14.4. The zero-order valence-electron chi connectivity index (χ0n) is 14.4. The number of hydrogen-bond donors (Lipinski definition) is 0. The molecule has 0 spiro atoms. The van der Waals surface area contributed by atoms with Crippen molar-refractivity contribution in [1.29, 1.82) is 0 Å². The van der Waals surface area contributed by atoms with E-state index >= 15 is 0 Å². The predicted octanol–water partition coefficient (Wildman–Crippen LogP) is 2.34. The number of hydrogen-bond acceptors (Lipinski definition) is 4. The number of ether oxygens (including phenoxy) is 2. The molecule has 2 amide bonds. The minimum Gasteiger partial charge on any atom is -0.377 e. The largest absolute Gasteiger partial charge is 0.377 e. The van der Waals surface area contributed by atoms with Crippen LogP contribution in [0.3, 0.4) is 0 Å². The molecule has 5 atom stereocenters. The fourth-order valence-corrected chi connectivity index (χ4v) is 3.70. The average Bonchev–Trinajstić information content (AvgIpc) is 2.82. The normalized spacial score (nSPS) is 31.0. The summed E-state index contributed by atoms with van der Waals surface area (Å²) < 4.78 is 11.7. The molecule has 0 radical (unpaired) electrons. The maximum absolute atomic E-state index is 12.6. The van der Waals surface area contributed by atoms with Gasteiger partial charge in [-0.05, 0) is 25.0 Å². The Morgan fingerprint density at radius 3 is 2.33 bits per heavy atom. The monoisotopic (exact) mass is 329 g/mol. The highest BCUT2D eigenvalue weighted by Gasteiger charge is 2.55. The predicted molar refractivity (Wildman–Crippen MR) is 89.0 cm³/mol. The Bertz CT molecular complexity index is 669. The molecule has 0 saturated carbocycles. The third kappa shape index (κ3) is 2.68. The second kappa shape index (κ2) is 6.49. The van der Waals surface area contributed by atoms with Crippen molar-refractivity contribution in [2.45, 2.75) is 32.2 Å². The van der Waals surface area contributed by atoms with Gasteiger partial charge in [0, 0.05) is 14.2 Å². The van der Waals surface area contributed by atoms with E-state index in [4.69, 9.17) is 9.47 Å². The van der Waals surface area contributed by atoms with Crippen LogP contribution in [0.5, 0.6) is 0 Å². The number of nitrogens with zero attached hydrogens (tertiary/aromatic N) is 1. The molecule has 2 aliphatic rings. The van der Waals surface area contributed by atoms with E-state index < -0.39 is 17.9 Å². The highest BCUT2D eigenvalue weighted by atomic mass is 16.5. The number of rotatable bonds is 4. The lowest BCUT2D eigenvalue weighted by Gasteiger charge is -2.35. The Kier molecular flexibility index (Phi) is 4.56. The summed E-state index contributed by atoms with van der Waals surface area (Å²) in [6, 6.07) is 9.86. The van der Waals surface area contributed by atoms with Gasteiger partial charge in [-0.15, -0.1) is 0 Å². The number of carbonyl (C=O) groups is 2. The number of amides is 2. The van der Waals surface area contributed by atoms with Gasteiger partial charge in [0.05, 0.1) is 30.1 Å². The zero-order chi connectivity index (χ0) is 17.4. The van der Waals surface area contributed by atoms with Crippen molar-refractivity contribution in [3.63, 3.8) is 0 Å². The van der Waals surface area contributed by atoms with E-state index in [1.807, 2.05) is 50.3 Å². The van der Waals surface area contributed by atoms with Gasteiger partial charge >= 0.3 is 0 Å². The second-order valence-corrected chi connectivity index (χ2v) is 6.51. The van der Waals surface area contributed by atoms with E-state index in [-0.39, 0.29) is 24.0 Å². The maximum Gasteiger partial charge on any atom is 0.235 e. The first-order valence-electron chi connectivity index (χ1n) is 8.18. The molecule has 0 N–H and O–H groups in total. The highest BCUT2D eigenvalue weighted by molar-refractivity contribution is 6.06. The Balaban J connectivity index is 1.91. The molecule has 24 heavy (non-hydrogen) atoms. The van der Waals surface area contributed by atoms with Gasteiger partial charge in [0.25, 0.3) is 0 Å². The lowest BCUT2D eigenvalue weighted by atomic mass is 9.77. The molecular weight excluding hydrogens is 306 g/mol. The van der Waals surface area contributed by atoms with Crippen LogP contribution in [0.25, 0.3) is 0 Å². The van der Waals surface area contributed by atoms with E-state index in [0.717, 1.165) is 11.1 Å². The number of imide groups is 1. The summed E-state index contributed by atoms with van der Waals surface area (Å²) in [5.41, 5.74) is 1.98. The Labute approximate surface area is 142 Å². The highest BCUT2D eigenvalue weighted by Crippen LogP contribution is 2.41. The van der Waals surface area contributed by atoms with Gasteiger partial charge in [-0.2, -0.15) is 0 Å². The van der Waals surface area contributed by atoms with Crippen molar-refractivity contribution in [2.75, 3.05) is 14.2 Å². The van der Waals surface area contributed by atoms with Crippen LogP contribution in [0.15, 0.2) is 42.0 Å². The van der Waals surface area contributed by atoms with Crippen LogP contribution in [0, 0.1) is 11.8 Å². The lowest BCUT2D eigenvalue weighted by Crippen LogP contribution is -2.43. The average molecular weight is 329 g/mol. The minimum absolute atomic E-state index is 0.173. The number of benzene rings is 1. The van der Waals surface area contributed by atoms with Crippen molar-refractivity contribution < 1.29 is 19.1 Å². The standard InChI is InChI=1S/C19H23NO4/c1-11-10-14(23-4)15-16(19(22)20(3)18(15)21)17(11)24-12(2)13-8-6-5-7-9-13/h5-10,12,14-17H,1-4H3/t12?,14-,15-,16-,17-/m1/s1. The molecule has 1 fully saturated rings. The second-order valence-electron chi connectivity index (χ2n) is 6.51. The number of methoxy groups -OCH3 is 1. The van der Waals surface area contributed by atoms with Crippen LogP contribution in [0.2, 0.25) is 0 Å². The molecule has 0 bridgehead atoms. The number of likely N-dealkylation sites (tertiary alicyclic amines) is 1. The molecule has 3 rings (SSSR count). The summed E-state index contributed by atoms with van der Waals surface area (Å²) in [7, 11) is 3.10. The van der Waals surface area contributed by atoms with Crippen molar-refractivity contribution >= 4 is 11.8 Å². The number of carbonyl (C=O) groups excluding carboxylic acids is 2. The molecular formula is C19H23NO4. The Morgan fingerprint density at radius 2 is 1.71 bits per heavy atom. The first-order chi connectivity index (χ1) is 11.5. The summed E-state index contributed by atoms with van der Waals surface area (Å²) in [5, 5.41) is 0. The fraction of sp³-hybridized carbons (Fsp3) is 0.474. The van der Waals surface area contributed by atoms with Crippen molar-refractivity contribution in [2.24, 2.45) is 11.8 Å². The van der Waals surface area contributed by atoms with Gasteiger partial charge in [-0.1, -0.05) is 36.4 Å². The van der Waals surface area contributed by atoms with Crippen LogP contribution in [-0.4, -0.2) is 43.1 Å². The SMILES string of the molecule is CO[C@@H]1C=C(C)[C@@H](OC(C)c2ccccc2)[C@@H]2C(=O)N(C)C(=O)[C@@H]21. The van der Waals surface area contributed by atoms with E-state index in [0.29, 0.717) is 0 Å². The molecule has 0 aromatic heterocycles. The van der Waals surface area contributed by atoms with Gasteiger partial charge in [-0.3, -0.25) is 14.5 Å². The Morgan fingerprint density at radius 1 is 1.08 bits per heavy atom. The Hall–Kier alpha value is -1.98. The molecule has 1 heterocycles. The van der Waals surface area contributed by atoms with Crippen LogP contribution in [0.1, 0.15) is 25.5 Å². The van der Waals surface area contributed by atoms with E-state index in [9.17, 15) is 9.59 Å². The van der Waals surface area contributed by atoms with Crippen LogP contribution >= 0.6 is 0 Å². The quantitative estimate of drug-likeness (QED) is 0.628. The van der Waals surface area contributed by atoms with Crippen molar-refractivity contribution in [1.82, 2.24) is 4.90 Å². The summed E-state index contributed by atoms with van der Waals surface area (Å²) in [6.45, 7) is 3.89. The van der Waals surface area contributed by atoms with Crippen molar-refractivity contribution in [3.05, 3.63) is 47.5 Å². The summed E-state index contributed by atoms with van der Waals surface area (Å²) in [5.74, 6) is -1.42. The van der Waals surface area contributed by atoms with E-state index in [2.05, 4.69) is 0 Å². The molecule has 1 saturated heterocycles. The van der Waals surface area contributed by atoms with Crippen LogP contribution in [0.4, 0.5) is 0 Å². The molecule has 1 aromatic carbocycles. The smallest absolute Gasteiger partial charge is 0.235 e. The van der Waals surface area contributed by atoms with Gasteiger partial charge < -0.3 is 9.47 Å². The topological polar surface area (TPSA) is 55.8 Å². The molecule has 1 aromatic rings. The summed E-state index contributed by atoms with van der Waals surface area (Å²) in [4.78, 5) is 26.3. The third-order valence-electron chi connectivity index (χ3n) is 5.07. The van der Waals surface area contributed by atoms with Gasteiger partial charge in [0.15, 0.2) is 0 Å². The third-order valence-corrected chi connectivity index (χ3v) is 5.07. The molecule has 1 aliphatic carbocycles. The van der Waals surface area contributed by atoms with E-state index in [1.54, 1.807) is 7.11 Å². The summed E-state index contributed by atoms with van der Waals surface area (Å²) >= 11 is 0. The minimum atomic E-state index is -0.524. The van der Waals surface area contributed by atoms with Crippen LogP contribution < -0.4 is 0 Å². The maximum atomic E-state index is 12.6. The number of fused-ring (bicyclic) bond motifs is 1. The molecule has 1 unspecified atom stereocenters. The van der Waals surface area contributed by atoms with Crippen LogP contribution in [-0.2, 0) is 19.1 Å². The van der Waals surface area contributed by atoms with Crippen molar-refractivity contribution in [3.8, 4) is 0 Å².